The van der Waals surface area contributed by atoms with Crippen molar-refractivity contribution in [3.05, 3.63) is 64.7 Å². The highest BCUT2D eigenvalue weighted by molar-refractivity contribution is 7.45. The minimum absolute atomic E-state index is 0.287. The second-order valence-corrected chi connectivity index (χ2v) is 8.24. The Morgan fingerprint density at radius 3 is 2.14 bits per heavy atom. The Labute approximate surface area is 171 Å². The van der Waals surface area contributed by atoms with Crippen molar-refractivity contribution in [3.63, 3.8) is 0 Å². The van der Waals surface area contributed by atoms with Crippen LogP contribution in [0.3, 0.4) is 0 Å². The summed E-state index contributed by atoms with van der Waals surface area (Å²) in [6.45, 7) is 4.41. The van der Waals surface area contributed by atoms with E-state index in [0.717, 1.165) is 31.9 Å². The number of ether oxygens (including phenoxy) is 1. The van der Waals surface area contributed by atoms with Gasteiger partial charge in [-0.25, -0.2) is 4.57 Å². The van der Waals surface area contributed by atoms with Crippen LogP contribution in [-0.2, 0) is 4.57 Å². The van der Waals surface area contributed by atoms with Crippen LogP contribution in [0.4, 0.5) is 0 Å². The van der Waals surface area contributed by atoms with Gasteiger partial charge in [-0.3, -0.25) is 4.90 Å². The van der Waals surface area contributed by atoms with Gasteiger partial charge in [0.2, 0.25) is 0 Å². The van der Waals surface area contributed by atoms with Crippen LogP contribution in [0.1, 0.15) is 28.3 Å². The number of hydrogen-bond donors (Lipinski definition) is 3. The SMILES string of the molecule is COc1ccc2c(c1)C(N1CCN(C)CC1)c1ccccc1C=C2.O=P(O)(O)O. The number of fused-ring (bicyclic) bond motifs is 2. The van der Waals surface area contributed by atoms with Crippen molar-refractivity contribution in [2.75, 3.05) is 40.3 Å². The number of likely N-dealkylation sites (N-methyl/N-ethyl adjacent to an activating group) is 1. The average molecular weight is 418 g/mol. The lowest BCUT2D eigenvalue weighted by atomic mass is 9.92. The van der Waals surface area contributed by atoms with Crippen molar-refractivity contribution >= 4 is 20.0 Å². The standard InChI is InChI=1S/C21H24N2O.H3O4P/c1-22-11-13-23(14-12-22)21-19-6-4-3-5-16(19)7-8-17-9-10-18(24-2)15-20(17)21;1-5(2,3)4/h3-10,15,21H,11-14H2,1-2H3;(H3,1,2,3,4). The van der Waals surface area contributed by atoms with E-state index in [-0.39, 0.29) is 6.04 Å². The predicted octanol–water partition coefficient (Wildman–Crippen LogP) is 2.59. The Hall–Kier alpha value is -1.99. The van der Waals surface area contributed by atoms with Crippen molar-refractivity contribution in [2.45, 2.75) is 6.04 Å². The number of hydrogen-bond acceptors (Lipinski definition) is 4. The van der Waals surface area contributed by atoms with Gasteiger partial charge >= 0.3 is 7.82 Å². The Morgan fingerprint density at radius 1 is 0.931 bits per heavy atom. The van der Waals surface area contributed by atoms with Crippen LogP contribution in [0, 0.1) is 0 Å². The van der Waals surface area contributed by atoms with E-state index in [2.05, 4.69) is 71.5 Å². The van der Waals surface area contributed by atoms with Gasteiger partial charge in [0.15, 0.2) is 0 Å². The summed E-state index contributed by atoms with van der Waals surface area (Å²) in [7, 11) is -0.690. The fraction of sp³-hybridized carbons (Fsp3) is 0.333. The number of rotatable bonds is 2. The molecule has 0 radical (unpaired) electrons. The molecule has 1 unspecified atom stereocenters. The molecule has 1 aliphatic heterocycles. The molecule has 3 N–H and O–H groups in total. The molecule has 1 saturated heterocycles. The lowest BCUT2D eigenvalue weighted by molar-refractivity contribution is 0.127. The lowest BCUT2D eigenvalue weighted by Gasteiger charge is -2.39. The number of nitrogens with zero attached hydrogens (tertiary/aromatic N) is 2. The predicted molar refractivity (Wildman–Crippen MR) is 114 cm³/mol. The second kappa shape index (κ2) is 9.22. The van der Waals surface area contributed by atoms with E-state index in [1.165, 1.54) is 22.3 Å². The monoisotopic (exact) mass is 418 g/mol. The quantitative estimate of drug-likeness (QED) is 0.646. The van der Waals surface area contributed by atoms with Crippen LogP contribution >= 0.6 is 7.82 Å². The minimum atomic E-state index is -4.64. The van der Waals surface area contributed by atoms with E-state index in [0.29, 0.717) is 0 Å². The molecule has 7 nitrogen and oxygen atoms in total. The van der Waals surface area contributed by atoms with Crippen molar-refractivity contribution in [1.82, 2.24) is 9.80 Å². The van der Waals surface area contributed by atoms with E-state index in [9.17, 15) is 0 Å². The molecule has 0 saturated carbocycles. The van der Waals surface area contributed by atoms with Crippen LogP contribution in [0.5, 0.6) is 5.75 Å². The fourth-order valence-corrected chi connectivity index (χ4v) is 3.80. The smallest absolute Gasteiger partial charge is 0.466 e. The van der Waals surface area contributed by atoms with E-state index in [4.69, 9.17) is 24.0 Å². The van der Waals surface area contributed by atoms with E-state index in [1.807, 2.05) is 0 Å². The molecule has 0 spiro atoms. The third-order valence-electron chi connectivity index (χ3n) is 5.22. The summed E-state index contributed by atoms with van der Waals surface area (Å²) < 4.78 is 14.4. The van der Waals surface area contributed by atoms with Crippen LogP contribution in [0.25, 0.3) is 12.2 Å². The van der Waals surface area contributed by atoms with E-state index in [1.54, 1.807) is 7.11 Å². The van der Waals surface area contributed by atoms with Gasteiger partial charge < -0.3 is 24.3 Å². The Kier molecular flexibility index (Phi) is 6.90. The van der Waals surface area contributed by atoms with Crippen LogP contribution in [-0.4, -0.2) is 64.8 Å². The average Bonchev–Trinajstić information content (AvgIpc) is 2.84. The first-order chi connectivity index (χ1) is 13.8. The summed E-state index contributed by atoms with van der Waals surface area (Å²) in [5.74, 6) is 0.931. The zero-order chi connectivity index (χ0) is 21.0. The van der Waals surface area contributed by atoms with Crippen molar-refractivity contribution in [1.29, 1.82) is 0 Å². The highest BCUT2D eigenvalue weighted by atomic mass is 31.2. The Balaban J connectivity index is 0.000000431. The summed E-state index contributed by atoms with van der Waals surface area (Å²) in [6.07, 6.45) is 4.49. The molecule has 0 aromatic heterocycles. The maximum Gasteiger partial charge on any atom is 0.466 e. The van der Waals surface area contributed by atoms with Gasteiger partial charge in [0.25, 0.3) is 0 Å². The number of benzene rings is 2. The van der Waals surface area contributed by atoms with Gasteiger partial charge in [-0.2, -0.15) is 0 Å². The fourth-order valence-electron chi connectivity index (χ4n) is 3.80. The molecule has 1 aliphatic carbocycles. The van der Waals surface area contributed by atoms with E-state index >= 15 is 0 Å². The zero-order valence-electron chi connectivity index (χ0n) is 16.6. The third kappa shape index (κ3) is 5.76. The van der Waals surface area contributed by atoms with E-state index < -0.39 is 7.82 Å². The molecule has 2 aliphatic rings. The first-order valence-corrected chi connectivity index (χ1v) is 11.0. The molecule has 2 aromatic carbocycles. The zero-order valence-corrected chi connectivity index (χ0v) is 17.5. The normalized spacial score (nSPS) is 19.4. The summed E-state index contributed by atoms with van der Waals surface area (Å²) in [6, 6.07) is 15.5. The molecule has 2 aromatic rings. The van der Waals surface area contributed by atoms with Crippen molar-refractivity contribution in [2.24, 2.45) is 0 Å². The van der Waals surface area contributed by atoms with Gasteiger partial charge in [-0.15, -0.1) is 0 Å². The molecule has 0 bridgehead atoms. The lowest BCUT2D eigenvalue weighted by Crippen LogP contribution is -2.46. The summed E-state index contributed by atoms with van der Waals surface area (Å²) >= 11 is 0. The Morgan fingerprint density at radius 2 is 1.52 bits per heavy atom. The van der Waals surface area contributed by atoms with Gasteiger partial charge in [0, 0.05) is 26.2 Å². The Bertz CT molecular complexity index is 911. The molecular weight excluding hydrogens is 391 g/mol. The maximum atomic E-state index is 8.88. The van der Waals surface area contributed by atoms with Crippen molar-refractivity contribution < 1.29 is 24.0 Å². The molecule has 1 atom stereocenters. The first kappa shape index (κ1) is 21.7. The van der Waals surface area contributed by atoms with Crippen LogP contribution in [0.2, 0.25) is 0 Å². The number of phosphoric acid groups is 1. The van der Waals surface area contributed by atoms with Gasteiger partial charge in [-0.1, -0.05) is 42.5 Å². The molecule has 29 heavy (non-hydrogen) atoms. The summed E-state index contributed by atoms with van der Waals surface area (Å²) in [4.78, 5) is 26.6. The highest BCUT2D eigenvalue weighted by Crippen LogP contribution is 2.38. The topological polar surface area (TPSA) is 93.5 Å². The summed E-state index contributed by atoms with van der Waals surface area (Å²) in [5, 5.41) is 0. The van der Waals surface area contributed by atoms with Crippen LogP contribution < -0.4 is 4.74 Å². The second-order valence-electron chi connectivity index (χ2n) is 7.21. The molecule has 1 fully saturated rings. The maximum absolute atomic E-state index is 8.88. The third-order valence-corrected chi connectivity index (χ3v) is 5.22. The largest absolute Gasteiger partial charge is 0.497 e. The molecular formula is C21H27N2O5P. The molecule has 0 amide bonds. The molecule has 1 heterocycles. The first-order valence-electron chi connectivity index (χ1n) is 9.42. The van der Waals surface area contributed by atoms with Gasteiger partial charge in [0.05, 0.1) is 13.2 Å². The number of methoxy groups -OCH3 is 1. The summed E-state index contributed by atoms with van der Waals surface area (Å²) in [5.41, 5.74) is 5.35. The molecule has 4 rings (SSSR count). The van der Waals surface area contributed by atoms with Crippen LogP contribution in [0.15, 0.2) is 42.5 Å². The van der Waals surface area contributed by atoms with Gasteiger partial charge in [-0.05, 0) is 41.4 Å². The van der Waals surface area contributed by atoms with Crippen molar-refractivity contribution in [3.8, 4) is 5.75 Å². The molecule has 8 heteroatoms. The van der Waals surface area contributed by atoms with Gasteiger partial charge in [0.1, 0.15) is 5.75 Å². The highest BCUT2D eigenvalue weighted by Gasteiger charge is 2.29. The number of piperazine rings is 1. The molecule has 156 valence electrons. The minimum Gasteiger partial charge on any atom is -0.497 e.